The van der Waals surface area contributed by atoms with E-state index in [1.165, 1.54) is 12.0 Å². The van der Waals surface area contributed by atoms with Gasteiger partial charge >= 0.3 is 5.97 Å². The van der Waals surface area contributed by atoms with Crippen LogP contribution in [-0.2, 0) is 20.7 Å². The minimum Gasteiger partial charge on any atom is -0.468 e. The fourth-order valence-electron chi connectivity index (χ4n) is 2.88. The molecule has 8 heteroatoms. The molecule has 0 bridgehead atoms. The summed E-state index contributed by atoms with van der Waals surface area (Å²) < 4.78 is 4.68. The number of aromatic amines is 1. The van der Waals surface area contributed by atoms with Crippen LogP contribution in [0.1, 0.15) is 5.56 Å². The molecule has 0 spiro atoms. The molecule has 1 atom stereocenters. The topological polar surface area (TPSA) is 100 Å². The monoisotopic (exact) mass is 393 g/mol. The third-order valence-electron chi connectivity index (χ3n) is 4.53. The summed E-state index contributed by atoms with van der Waals surface area (Å²) in [4.78, 5) is 30.2. The SMILES string of the molecule is COC(=O)CNC(Cc1ccccc1)C(=O)N(C)c1cc(-c2ccncc2)[nH]n1. The first-order valence-electron chi connectivity index (χ1n) is 9.16. The first kappa shape index (κ1) is 20.2. The van der Waals surface area contributed by atoms with Gasteiger partial charge in [0.05, 0.1) is 25.4 Å². The molecule has 8 nitrogen and oxygen atoms in total. The zero-order valence-electron chi connectivity index (χ0n) is 16.3. The van der Waals surface area contributed by atoms with Crippen LogP contribution in [0, 0.1) is 0 Å². The van der Waals surface area contributed by atoms with E-state index in [1.807, 2.05) is 42.5 Å². The second-order valence-electron chi connectivity index (χ2n) is 6.47. The van der Waals surface area contributed by atoms with Gasteiger partial charge in [-0.05, 0) is 24.1 Å². The Morgan fingerprint density at radius 2 is 1.90 bits per heavy atom. The first-order chi connectivity index (χ1) is 14.1. The quantitative estimate of drug-likeness (QED) is 0.566. The van der Waals surface area contributed by atoms with Gasteiger partial charge < -0.3 is 4.74 Å². The number of ether oxygens (including phenoxy) is 1. The maximum atomic E-state index is 13.1. The average Bonchev–Trinajstić information content (AvgIpc) is 3.27. The molecule has 0 radical (unpaired) electrons. The van der Waals surface area contributed by atoms with Crippen molar-refractivity contribution in [3.05, 3.63) is 66.5 Å². The Labute approximate surface area is 168 Å². The minimum absolute atomic E-state index is 0.0591. The second-order valence-corrected chi connectivity index (χ2v) is 6.47. The Morgan fingerprint density at radius 3 is 2.59 bits per heavy atom. The highest BCUT2D eigenvalue weighted by Gasteiger charge is 2.25. The second kappa shape index (κ2) is 9.61. The van der Waals surface area contributed by atoms with Gasteiger partial charge in [0.25, 0.3) is 0 Å². The average molecular weight is 393 g/mol. The van der Waals surface area contributed by atoms with Crippen LogP contribution in [0.25, 0.3) is 11.3 Å². The summed E-state index contributed by atoms with van der Waals surface area (Å²) in [6.07, 6.45) is 3.82. The summed E-state index contributed by atoms with van der Waals surface area (Å²) in [5.41, 5.74) is 2.68. The number of likely N-dealkylation sites (N-methyl/N-ethyl adjacent to an activating group) is 1. The highest BCUT2D eigenvalue weighted by Crippen LogP contribution is 2.21. The van der Waals surface area contributed by atoms with Crippen molar-refractivity contribution >= 4 is 17.7 Å². The van der Waals surface area contributed by atoms with Gasteiger partial charge in [0, 0.05) is 31.1 Å². The van der Waals surface area contributed by atoms with Crippen LogP contribution in [0.3, 0.4) is 0 Å². The Morgan fingerprint density at radius 1 is 1.17 bits per heavy atom. The largest absolute Gasteiger partial charge is 0.468 e. The molecule has 3 rings (SSSR count). The van der Waals surface area contributed by atoms with Crippen molar-refractivity contribution in [2.24, 2.45) is 0 Å². The standard InChI is InChI=1S/C21H23N5O3/c1-26(19-13-17(24-25-19)16-8-10-22-11-9-16)21(28)18(23-14-20(27)29-2)12-15-6-4-3-5-7-15/h3-11,13,18,23H,12,14H2,1-2H3,(H,24,25). The van der Waals surface area contributed by atoms with E-state index >= 15 is 0 Å². The number of esters is 1. The molecule has 0 fully saturated rings. The summed E-state index contributed by atoms with van der Waals surface area (Å²) in [5.74, 6) is -0.150. The number of methoxy groups -OCH3 is 1. The number of H-pyrrole nitrogens is 1. The number of amides is 1. The summed E-state index contributed by atoms with van der Waals surface area (Å²) in [7, 11) is 2.97. The Bertz CT molecular complexity index is 943. The highest BCUT2D eigenvalue weighted by molar-refractivity contribution is 5.96. The molecule has 150 valence electrons. The van der Waals surface area contributed by atoms with Gasteiger partial charge in [-0.3, -0.25) is 29.9 Å². The summed E-state index contributed by atoms with van der Waals surface area (Å²) in [6.45, 7) is -0.0591. The highest BCUT2D eigenvalue weighted by atomic mass is 16.5. The molecule has 0 saturated carbocycles. The number of hydrogen-bond donors (Lipinski definition) is 2. The van der Waals surface area contributed by atoms with Crippen molar-refractivity contribution in [3.8, 4) is 11.3 Å². The zero-order valence-corrected chi connectivity index (χ0v) is 16.3. The molecule has 0 saturated heterocycles. The molecule has 1 aromatic carbocycles. The molecule has 1 amide bonds. The molecule has 1 unspecified atom stereocenters. The lowest BCUT2D eigenvalue weighted by Gasteiger charge is -2.23. The third kappa shape index (κ3) is 5.26. The lowest BCUT2D eigenvalue weighted by molar-refractivity contribution is -0.139. The number of carbonyl (C=O) groups excluding carboxylic acids is 2. The van der Waals surface area contributed by atoms with Crippen molar-refractivity contribution in [3.63, 3.8) is 0 Å². The van der Waals surface area contributed by atoms with Gasteiger partial charge in [-0.1, -0.05) is 30.3 Å². The third-order valence-corrected chi connectivity index (χ3v) is 4.53. The van der Waals surface area contributed by atoms with E-state index < -0.39 is 12.0 Å². The molecule has 2 aromatic heterocycles. The molecule has 0 aliphatic rings. The van der Waals surface area contributed by atoms with Gasteiger partial charge in [0.15, 0.2) is 5.82 Å². The molecule has 29 heavy (non-hydrogen) atoms. The predicted octanol–water partition coefficient (Wildman–Crippen LogP) is 1.81. The number of benzene rings is 1. The van der Waals surface area contributed by atoms with Crippen LogP contribution in [0.2, 0.25) is 0 Å². The number of anilines is 1. The number of carbonyl (C=O) groups is 2. The number of pyridine rings is 1. The van der Waals surface area contributed by atoms with Gasteiger partial charge in [-0.25, -0.2) is 0 Å². The van der Waals surface area contributed by atoms with Crippen molar-refractivity contribution in [2.45, 2.75) is 12.5 Å². The molecular formula is C21H23N5O3. The fraction of sp³-hybridized carbons (Fsp3) is 0.238. The Kier molecular flexibility index (Phi) is 6.70. The van der Waals surface area contributed by atoms with E-state index in [1.54, 1.807) is 25.5 Å². The summed E-state index contributed by atoms with van der Waals surface area (Å²) in [5, 5.41) is 10.2. The smallest absolute Gasteiger partial charge is 0.319 e. The number of hydrogen-bond acceptors (Lipinski definition) is 6. The summed E-state index contributed by atoms with van der Waals surface area (Å²) >= 11 is 0. The molecule has 3 aromatic rings. The van der Waals surface area contributed by atoms with Crippen molar-refractivity contribution in [1.29, 1.82) is 0 Å². The molecular weight excluding hydrogens is 370 g/mol. The number of aromatic nitrogens is 3. The van der Waals surface area contributed by atoms with E-state index in [9.17, 15) is 9.59 Å². The van der Waals surface area contributed by atoms with E-state index in [0.717, 1.165) is 16.8 Å². The van der Waals surface area contributed by atoms with Gasteiger partial charge in [-0.15, -0.1) is 0 Å². The number of rotatable bonds is 8. The van der Waals surface area contributed by atoms with Crippen LogP contribution < -0.4 is 10.2 Å². The Balaban J connectivity index is 1.76. The fourth-order valence-corrected chi connectivity index (χ4v) is 2.88. The lowest BCUT2D eigenvalue weighted by Crippen LogP contribution is -2.48. The van der Waals surface area contributed by atoms with Crippen molar-refractivity contribution in [1.82, 2.24) is 20.5 Å². The maximum absolute atomic E-state index is 13.1. The van der Waals surface area contributed by atoms with E-state index in [0.29, 0.717) is 12.2 Å². The van der Waals surface area contributed by atoms with E-state index in [4.69, 9.17) is 0 Å². The summed E-state index contributed by atoms with van der Waals surface area (Å²) in [6, 6.07) is 14.5. The predicted molar refractivity (Wildman–Crippen MR) is 109 cm³/mol. The van der Waals surface area contributed by atoms with Crippen molar-refractivity contribution < 1.29 is 14.3 Å². The van der Waals surface area contributed by atoms with Crippen molar-refractivity contribution in [2.75, 3.05) is 25.6 Å². The molecule has 2 heterocycles. The Hall–Kier alpha value is -3.52. The maximum Gasteiger partial charge on any atom is 0.319 e. The number of nitrogens with zero attached hydrogens (tertiary/aromatic N) is 3. The van der Waals surface area contributed by atoms with Crippen LogP contribution in [0.4, 0.5) is 5.82 Å². The minimum atomic E-state index is -0.609. The van der Waals surface area contributed by atoms with E-state index in [2.05, 4.69) is 25.2 Å². The van der Waals surface area contributed by atoms with Crippen LogP contribution in [0.5, 0.6) is 0 Å². The van der Waals surface area contributed by atoms with Crippen LogP contribution in [0.15, 0.2) is 60.9 Å². The van der Waals surface area contributed by atoms with Crippen LogP contribution >= 0.6 is 0 Å². The molecule has 2 N–H and O–H groups in total. The number of nitrogens with one attached hydrogen (secondary N) is 2. The van der Waals surface area contributed by atoms with E-state index in [-0.39, 0.29) is 12.5 Å². The first-order valence-corrected chi connectivity index (χ1v) is 9.16. The lowest BCUT2D eigenvalue weighted by atomic mass is 10.0. The van der Waals surface area contributed by atoms with Gasteiger partial charge in [-0.2, -0.15) is 5.10 Å². The zero-order chi connectivity index (χ0) is 20.6. The van der Waals surface area contributed by atoms with Crippen LogP contribution in [-0.4, -0.2) is 53.8 Å². The normalized spacial score (nSPS) is 11.7. The van der Waals surface area contributed by atoms with Gasteiger partial charge in [0.1, 0.15) is 0 Å². The van der Waals surface area contributed by atoms with Gasteiger partial charge in [0.2, 0.25) is 5.91 Å². The molecule has 0 aliphatic carbocycles. The molecule has 0 aliphatic heterocycles.